The molecule has 5 nitrogen and oxygen atoms in total. The predicted octanol–water partition coefficient (Wildman–Crippen LogP) is 4.47. The number of nitrogens with zero attached hydrogens (tertiary/aromatic N) is 3. The third kappa shape index (κ3) is 4.50. The van der Waals surface area contributed by atoms with Crippen molar-refractivity contribution >= 4 is 16.6 Å². The highest BCUT2D eigenvalue weighted by atomic mass is 16.5. The van der Waals surface area contributed by atoms with Gasteiger partial charge in [-0.2, -0.15) is 0 Å². The van der Waals surface area contributed by atoms with Crippen molar-refractivity contribution in [3.05, 3.63) is 60.2 Å². The topological polar surface area (TPSA) is 48.8 Å². The summed E-state index contributed by atoms with van der Waals surface area (Å²) in [5.74, 6) is 1.10. The lowest BCUT2D eigenvalue weighted by molar-refractivity contribution is 0.0401. The molecule has 0 atom stereocenters. The molecule has 174 valence electrons. The van der Waals surface area contributed by atoms with E-state index in [2.05, 4.69) is 71.3 Å². The van der Waals surface area contributed by atoms with E-state index in [1.807, 2.05) is 0 Å². The van der Waals surface area contributed by atoms with Gasteiger partial charge < -0.3 is 19.6 Å². The summed E-state index contributed by atoms with van der Waals surface area (Å²) in [6.45, 7) is 9.28. The van der Waals surface area contributed by atoms with Crippen LogP contribution in [0.4, 0.5) is 5.82 Å². The Morgan fingerprint density at radius 3 is 2.39 bits per heavy atom. The highest BCUT2D eigenvalue weighted by Crippen LogP contribution is 2.39. The third-order valence-electron chi connectivity index (χ3n) is 7.67. The van der Waals surface area contributed by atoms with Crippen LogP contribution in [0.1, 0.15) is 31.7 Å². The smallest absolute Gasteiger partial charge is 0.137 e. The second kappa shape index (κ2) is 9.80. The van der Waals surface area contributed by atoms with Crippen molar-refractivity contribution < 1.29 is 9.84 Å². The largest absolute Gasteiger partial charge is 0.396 e. The predicted molar refractivity (Wildman–Crippen MR) is 135 cm³/mol. The van der Waals surface area contributed by atoms with Crippen LogP contribution in [0.2, 0.25) is 0 Å². The molecule has 0 saturated carbocycles. The molecule has 2 saturated heterocycles. The zero-order valence-corrected chi connectivity index (χ0v) is 19.7. The Balaban J connectivity index is 1.48. The van der Waals surface area contributed by atoms with Crippen molar-refractivity contribution in [1.82, 2.24) is 9.88 Å². The van der Waals surface area contributed by atoms with E-state index in [-0.39, 0.29) is 12.0 Å². The van der Waals surface area contributed by atoms with Gasteiger partial charge in [0.15, 0.2) is 0 Å². The minimum absolute atomic E-state index is 0.0203. The lowest BCUT2D eigenvalue weighted by Crippen LogP contribution is -2.46. The molecule has 0 amide bonds. The van der Waals surface area contributed by atoms with Crippen molar-refractivity contribution in [2.75, 3.05) is 57.4 Å². The maximum absolute atomic E-state index is 9.71. The summed E-state index contributed by atoms with van der Waals surface area (Å²) in [5.41, 5.74) is 3.49. The van der Waals surface area contributed by atoms with Crippen LogP contribution in [0.5, 0.6) is 0 Å². The Labute approximate surface area is 197 Å². The Hall–Kier alpha value is -2.47. The summed E-state index contributed by atoms with van der Waals surface area (Å²) >= 11 is 0. The maximum atomic E-state index is 9.71. The molecule has 0 spiro atoms. The fourth-order valence-corrected chi connectivity index (χ4v) is 5.50. The molecule has 2 aromatic carbocycles. The Kier molecular flexibility index (Phi) is 6.63. The molecule has 0 radical (unpaired) electrons. The SMILES string of the molecule is CCN1CCN(c2nc(-c3ccc(C4(CCO)CCOCC4)cc3)cc3ccccc23)CC1. The molecule has 2 fully saturated rings. The second-order valence-corrected chi connectivity index (χ2v) is 9.42. The number of hydrogen-bond acceptors (Lipinski definition) is 5. The van der Waals surface area contributed by atoms with Gasteiger partial charge in [0.05, 0.1) is 5.69 Å². The molecule has 3 heterocycles. The fourth-order valence-electron chi connectivity index (χ4n) is 5.50. The van der Waals surface area contributed by atoms with Crippen LogP contribution in [-0.4, -0.2) is 67.5 Å². The van der Waals surface area contributed by atoms with Gasteiger partial charge in [-0.1, -0.05) is 55.5 Å². The summed E-state index contributed by atoms with van der Waals surface area (Å²) in [4.78, 5) is 10.1. The number of hydrogen-bond donors (Lipinski definition) is 1. The average Bonchev–Trinajstić information content (AvgIpc) is 2.89. The van der Waals surface area contributed by atoms with Gasteiger partial charge >= 0.3 is 0 Å². The fraction of sp³-hybridized carbons (Fsp3) is 0.464. The van der Waals surface area contributed by atoms with Crippen molar-refractivity contribution in [3.8, 4) is 11.3 Å². The van der Waals surface area contributed by atoms with E-state index in [0.717, 1.165) is 82.3 Å². The number of aliphatic hydroxyl groups is 1. The molecule has 2 aliphatic rings. The van der Waals surface area contributed by atoms with Gasteiger partial charge in [0.25, 0.3) is 0 Å². The number of ether oxygens (including phenoxy) is 1. The van der Waals surface area contributed by atoms with Gasteiger partial charge in [-0.3, -0.25) is 0 Å². The van der Waals surface area contributed by atoms with Crippen molar-refractivity contribution in [3.63, 3.8) is 0 Å². The number of fused-ring (bicyclic) bond motifs is 1. The lowest BCUT2D eigenvalue weighted by atomic mass is 9.72. The number of anilines is 1. The molecule has 33 heavy (non-hydrogen) atoms. The zero-order chi connectivity index (χ0) is 22.7. The molecule has 1 aromatic heterocycles. The van der Waals surface area contributed by atoms with E-state index in [9.17, 15) is 5.11 Å². The molecule has 5 rings (SSSR count). The summed E-state index contributed by atoms with van der Waals surface area (Å²) < 4.78 is 5.61. The minimum Gasteiger partial charge on any atom is -0.396 e. The third-order valence-corrected chi connectivity index (χ3v) is 7.67. The van der Waals surface area contributed by atoms with Crippen molar-refractivity contribution in [2.24, 2.45) is 0 Å². The monoisotopic (exact) mass is 445 g/mol. The molecule has 1 N–H and O–H groups in total. The molecule has 0 bridgehead atoms. The van der Waals surface area contributed by atoms with E-state index >= 15 is 0 Å². The van der Waals surface area contributed by atoms with Crippen LogP contribution in [0, 0.1) is 0 Å². The average molecular weight is 446 g/mol. The molecule has 3 aromatic rings. The summed E-state index contributed by atoms with van der Waals surface area (Å²) in [5, 5.41) is 12.2. The Bertz CT molecular complexity index is 1060. The van der Waals surface area contributed by atoms with Gasteiger partial charge in [0.1, 0.15) is 5.82 Å². The number of aromatic nitrogens is 1. The summed E-state index contributed by atoms with van der Waals surface area (Å²) in [7, 11) is 0. The highest BCUT2D eigenvalue weighted by Gasteiger charge is 2.33. The van der Waals surface area contributed by atoms with Crippen LogP contribution in [0.25, 0.3) is 22.0 Å². The van der Waals surface area contributed by atoms with E-state index < -0.39 is 0 Å². The zero-order valence-electron chi connectivity index (χ0n) is 19.7. The number of likely N-dealkylation sites (N-methyl/N-ethyl adjacent to an activating group) is 1. The maximum Gasteiger partial charge on any atom is 0.137 e. The van der Waals surface area contributed by atoms with Gasteiger partial charge in [0.2, 0.25) is 0 Å². The summed E-state index contributed by atoms with van der Waals surface area (Å²) in [6.07, 6.45) is 2.72. The molecular formula is C28H35N3O2. The highest BCUT2D eigenvalue weighted by molar-refractivity contribution is 5.95. The lowest BCUT2D eigenvalue weighted by Gasteiger charge is -2.37. The van der Waals surface area contributed by atoms with Gasteiger partial charge in [0, 0.05) is 62.4 Å². The number of rotatable bonds is 6. The number of piperazine rings is 1. The van der Waals surface area contributed by atoms with E-state index in [0.29, 0.717) is 0 Å². The number of pyridine rings is 1. The van der Waals surface area contributed by atoms with Crippen LogP contribution < -0.4 is 4.90 Å². The van der Waals surface area contributed by atoms with E-state index in [1.54, 1.807) is 0 Å². The van der Waals surface area contributed by atoms with Gasteiger partial charge in [-0.05, 0) is 42.8 Å². The first-order valence-electron chi connectivity index (χ1n) is 12.4. The van der Waals surface area contributed by atoms with Crippen molar-refractivity contribution in [2.45, 2.75) is 31.6 Å². The minimum atomic E-state index is 0.0203. The van der Waals surface area contributed by atoms with Crippen LogP contribution in [0.15, 0.2) is 54.6 Å². The molecule has 5 heteroatoms. The molecule has 0 unspecified atom stereocenters. The van der Waals surface area contributed by atoms with Gasteiger partial charge in [-0.15, -0.1) is 0 Å². The van der Waals surface area contributed by atoms with Gasteiger partial charge in [-0.25, -0.2) is 4.98 Å². The first-order chi connectivity index (χ1) is 16.2. The first kappa shape index (κ1) is 22.3. The van der Waals surface area contributed by atoms with E-state index in [1.165, 1.54) is 16.3 Å². The van der Waals surface area contributed by atoms with Crippen LogP contribution in [-0.2, 0) is 10.2 Å². The Morgan fingerprint density at radius 2 is 1.70 bits per heavy atom. The quantitative estimate of drug-likeness (QED) is 0.607. The van der Waals surface area contributed by atoms with Crippen molar-refractivity contribution in [1.29, 1.82) is 0 Å². The first-order valence-corrected chi connectivity index (χ1v) is 12.4. The number of aliphatic hydroxyl groups excluding tert-OH is 1. The molecule has 2 aliphatic heterocycles. The second-order valence-electron chi connectivity index (χ2n) is 9.42. The van der Waals surface area contributed by atoms with Crippen LogP contribution >= 0.6 is 0 Å². The normalized spacial score (nSPS) is 19.2. The van der Waals surface area contributed by atoms with E-state index in [4.69, 9.17) is 9.72 Å². The standard InChI is InChI=1S/C28H35N3O2/c1-2-30-14-16-31(17-15-30)27-25-6-4-3-5-23(25)21-26(29-27)22-7-9-24(10-8-22)28(11-18-32)12-19-33-20-13-28/h3-10,21,32H,2,11-20H2,1H3. The number of benzene rings is 2. The Morgan fingerprint density at radius 1 is 0.970 bits per heavy atom. The summed E-state index contributed by atoms with van der Waals surface area (Å²) in [6, 6.07) is 19.7. The molecule has 0 aliphatic carbocycles. The van der Waals surface area contributed by atoms with Crippen LogP contribution in [0.3, 0.4) is 0 Å². The molecular weight excluding hydrogens is 410 g/mol.